The minimum absolute atomic E-state index is 0. The second-order valence-corrected chi connectivity index (χ2v) is 12.9. The van der Waals surface area contributed by atoms with E-state index in [1.807, 2.05) is 11.3 Å². The number of rotatable bonds is 5. The molecule has 0 atom stereocenters. The maximum atomic E-state index is 2.35. The van der Waals surface area contributed by atoms with Crippen LogP contribution in [0.25, 0.3) is 20.2 Å². The van der Waals surface area contributed by atoms with Gasteiger partial charge in [-0.15, -0.1) is 11.3 Å². The van der Waals surface area contributed by atoms with Crippen molar-refractivity contribution in [1.29, 1.82) is 0 Å². The van der Waals surface area contributed by atoms with Crippen LogP contribution >= 0.6 is 18.6 Å². The molecule has 6 rings (SSSR count). The molecule has 0 saturated heterocycles. The summed E-state index contributed by atoms with van der Waals surface area (Å²) in [4.78, 5) is 0. The highest BCUT2D eigenvalue weighted by Crippen LogP contribution is 2.59. The summed E-state index contributed by atoms with van der Waals surface area (Å²) in [7, 11) is -1.92. The molecule has 3 heteroatoms. The van der Waals surface area contributed by atoms with Crippen LogP contribution in [0.1, 0.15) is 5.56 Å². The van der Waals surface area contributed by atoms with Crippen LogP contribution in [-0.2, 0) is 6.16 Å². The first-order valence-corrected chi connectivity index (χ1v) is 14.1. The zero-order valence-corrected chi connectivity index (χ0v) is 21.9. The number of fused-ring (bicyclic) bond motifs is 3. The third-order valence-corrected chi connectivity index (χ3v) is 12.1. The van der Waals surface area contributed by atoms with Crippen LogP contribution < -0.4 is 32.9 Å². The van der Waals surface area contributed by atoms with Gasteiger partial charge < -0.3 is 17.0 Å². The normalized spacial score (nSPS) is 11.4. The maximum absolute atomic E-state index is 2.35. The average Bonchev–Trinajstić information content (AvgIpc) is 3.28. The van der Waals surface area contributed by atoms with Gasteiger partial charge in [-0.25, -0.2) is 0 Å². The van der Waals surface area contributed by atoms with Crippen molar-refractivity contribution in [1.82, 2.24) is 0 Å². The summed E-state index contributed by atoms with van der Waals surface area (Å²) < 4.78 is 2.79. The number of hydrogen-bond donors (Lipinski definition) is 0. The van der Waals surface area contributed by atoms with E-state index < -0.39 is 7.26 Å². The molecule has 0 aliphatic rings. The molecule has 0 aliphatic heterocycles. The van der Waals surface area contributed by atoms with Gasteiger partial charge in [0.05, 0.1) is 6.16 Å². The summed E-state index contributed by atoms with van der Waals surface area (Å²) in [5.74, 6) is 0. The standard InChI is InChI=1S/C31H24PS.BrH/c1-4-14-25(15-5-1)32(26-16-6-2-7-17-26,27-18-8-3-9-19-27)23-24-13-12-21-29-28-20-10-11-22-30(28)33-31(24)29;/h1-22H,23H2;1H/q+1;/p-1. The molecule has 1 heterocycles. The second-order valence-electron chi connectivity index (χ2n) is 8.37. The lowest BCUT2D eigenvalue weighted by molar-refractivity contribution is -0.00000613. The Kier molecular flexibility index (Phi) is 6.66. The van der Waals surface area contributed by atoms with Crippen molar-refractivity contribution in [2.75, 3.05) is 0 Å². The molecule has 0 fully saturated rings. The number of thiophene rings is 1. The molecule has 0 unspecified atom stereocenters. The van der Waals surface area contributed by atoms with E-state index in [9.17, 15) is 0 Å². The molecule has 0 saturated carbocycles. The van der Waals surface area contributed by atoms with Gasteiger partial charge in [0, 0.05) is 25.7 Å². The first-order chi connectivity index (χ1) is 16.4. The molecule has 5 aromatic carbocycles. The van der Waals surface area contributed by atoms with E-state index >= 15 is 0 Å². The maximum Gasteiger partial charge on any atom is 0.116 e. The summed E-state index contributed by atoms with van der Waals surface area (Å²) >= 11 is 1.93. The molecule has 0 amide bonds. The van der Waals surface area contributed by atoms with Crippen molar-refractivity contribution in [3.63, 3.8) is 0 Å². The molecular formula is C31H24BrPS. The van der Waals surface area contributed by atoms with E-state index in [0.29, 0.717) is 0 Å². The summed E-state index contributed by atoms with van der Waals surface area (Å²) in [5.41, 5.74) is 1.44. The van der Waals surface area contributed by atoms with Crippen LogP contribution in [0.2, 0.25) is 0 Å². The van der Waals surface area contributed by atoms with E-state index in [-0.39, 0.29) is 17.0 Å². The topological polar surface area (TPSA) is 0 Å². The quantitative estimate of drug-likeness (QED) is 0.282. The zero-order valence-electron chi connectivity index (χ0n) is 18.6. The molecule has 0 N–H and O–H groups in total. The van der Waals surface area contributed by atoms with Gasteiger partial charge in [0.1, 0.15) is 23.2 Å². The highest BCUT2D eigenvalue weighted by molar-refractivity contribution is 7.95. The van der Waals surface area contributed by atoms with Crippen LogP contribution in [0.5, 0.6) is 0 Å². The van der Waals surface area contributed by atoms with Gasteiger partial charge in [-0.3, -0.25) is 0 Å². The van der Waals surface area contributed by atoms with Crippen molar-refractivity contribution in [3.05, 3.63) is 139 Å². The lowest BCUT2D eigenvalue weighted by Gasteiger charge is -2.28. The Labute approximate surface area is 216 Å². The first kappa shape index (κ1) is 23.0. The SMILES string of the molecule is [Br-].c1ccc([P+](Cc2cccc3c2sc2ccccc23)(c2ccccc2)c2ccccc2)cc1. The van der Waals surface area contributed by atoms with Gasteiger partial charge >= 0.3 is 0 Å². The summed E-state index contributed by atoms with van der Waals surface area (Å²) in [6.07, 6.45) is 1.01. The third kappa shape index (κ3) is 3.91. The van der Waals surface area contributed by atoms with Gasteiger partial charge in [-0.2, -0.15) is 0 Å². The van der Waals surface area contributed by atoms with E-state index in [0.717, 1.165) is 6.16 Å². The summed E-state index contributed by atoms with van der Waals surface area (Å²) in [5, 5.41) is 7.03. The Bertz CT molecular complexity index is 1430. The van der Waals surface area contributed by atoms with Gasteiger partial charge in [-0.05, 0) is 42.5 Å². The van der Waals surface area contributed by atoms with Gasteiger partial charge in [-0.1, -0.05) is 91.0 Å². The largest absolute Gasteiger partial charge is 1.00 e. The van der Waals surface area contributed by atoms with Crippen molar-refractivity contribution < 1.29 is 17.0 Å². The van der Waals surface area contributed by atoms with Crippen LogP contribution in [-0.4, -0.2) is 0 Å². The molecule has 0 spiro atoms. The van der Waals surface area contributed by atoms with Gasteiger partial charge in [0.25, 0.3) is 0 Å². The Morgan fingerprint density at radius 3 is 1.50 bits per heavy atom. The van der Waals surface area contributed by atoms with Crippen molar-refractivity contribution >= 4 is 54.7 Å². The van der Waals surface area contributed by atoms with Crippen molar-refractivity contribution in [3.8, 4) is 0 Å². The molecular weight excluding hydrogens is 515 g/mol. The Balaban J connectivity index is 0.00000241. The summed E-state index contributed by atoms with van der Waals surface area (Å²) in [6, 6.07) is 49.2. The van der Waals surface area contributed by atoms with Gasteiger partial charge in [0.15, 0.2) is 0 Å². The lowest BCUT2D eigenvalue weighted by Crippen LogP contribution is -3.00. The average molecular weight is 539 g/mol. The minimum Gasteiger partial charge on any atom is -1.00 e. The van der Waals surface area contributed by atoms with Crippen LogP contribution in [0.4, 0.5) is 0 Å². The second kappa shape index (κ2) is 9.84. The molecule has 1 aromatic heterocycles. The Morgan fingerprint density at radius 1 is 0.471 bits per heavy atom. The van der Waals surface area contributed by atoms with Crippen LogP contribution in [0, 0.1) is 0 Å². The van der Waals surface area contributed by atoms with E-state index in [1.165, 1.54) is 41.6 Å². The molecule has 0 nitrogen and oxygen atoms in total. The zero-order chi connectivity index (χ0) is 22.1. The fourth-order valence-electron chi connectivity index (χ4n) is 4.95. The van der Waals surface area contributed by atoms with Crippen LogP contribution in [0.3, 0.4) is 0 Å². The Hall–Kier alpha value is -2.77. The monoisotopic (exact) mass is 538 g/mol. The smallest absolute Gasteiger partial charge is 0.116 e. The molecule has 0 aliphatic carbocycles. The predicted octanol–water partition coefficient (Wildman–Crippen LogP) is 4.55. The minimum atomic E-state index is -1.92. The number of benzene rings is 5. The van der Waals surface area contributed by atoms with Gasteiger partial charge in [0.2, 0.25) is 0 Å². The molecule has 6 aromatic rings. The first-order valence-electron chi connectivity index (χ1n) is 11.3. The highest BCUT2D eigenvalue weighted by Gasteiger charge is 2.45. The van der Waals surface area contributed by atoms with E-state index in [4.69, 9.17) is 0 Å². The predicted molar refractivity (Wildman–Crippen MR) is 148 cm³/mol. The van der Waals surface area contributed by atoms with Crippen molar-refractivity contribution in [2.24, 2.45) is 0 Å². The molecule has 0 bridgehead atoms. The van der Waals surface area contributed by atoms with E-state index in [2.05, 4.69) is 133 Å². The molecule has 0 radical (unpaired) electrons. The lowest BCUT2D eigenvalue weighted by atomic mass is 10.1. The van der Waals surface area contributed by atoms with Crippen LogP contribution in [0.15, 0.2) is 133 Å². The fourth-order valence-corrected chi connectivity index (χ4v) is 10.5. The number of halogens is 1. The molecule has 166 valence electrons. The van der Waals surface area contributed by atoms with Crippen molar-refractivity contribution in [2.45, 2.75) is 6.16 Å². The number of hydrogen-bond acceptors (Lipinski definition) is 1. The Morgan fingerprint density at radius 2 is 0.941 bits per heavy atom. The fraction of sp³-hybridized carbons (Fsp3) is 0.0323. The highest BCUT2D eigenvalue weighted by atomic mass is 79.9. The summed E-state index contributed by atoms with van der Waals surface area (Å²) in [6.45, 7) is 0. The third-order valence-electron chi connectivity index (χ3n) is 6.48. The van der Waals surface area contributed by atoms with E-state index in [1.54, 1.807) is 0 Å². The molecule has 34 heavy (non-hydrogen) atoms.